The zero-order valence-electron chi connectivity index (χ0n) is 13.0. The van der Waals surface area contributed by atoms with Gasteiger partial charge in [-0.15, -0.1) is 11.8 Å². The van der Waals surface area contributed by atoms with Crippen molar-refractivity contribution in [3.63, 3.8) is 0 Å². The van der Waals surface area contributed by atoms with Crippen molar-refractivity contribution in [2.45, 2.75) is 51.5 Å². The molecule has 2 N–H and O–H groups in total. The summed E-state index contributed by atoms with van der Waals surface area (Å²) in [4.78, 5) is 11.8. The summed E-state index contributed by atoms with van der Waals surface area (Å²) in [7, 11) is 0. The number of thioether (sulfide) groups is 1. The van der Waals surface area contributed by atoms with Crippen molar-refractivity contribution < 1.29 is 9.53 Å². The smallest absolute Gasteiger partial charge is 0.316 e. The van der Waals surface area contributed by atoms with Gasteiger partial charge in [-0.05, 0) is 40.2 Å². The fourth-order valence-electron chi connectivity index (χ4n) is 1.93. The number of benzene rings is 1. The average molecular weight is 295 g/mol. The van der Waals surface area contributed by atoms with Crippen LogP contribution in [-0.4, -0.2) is 23.4 Å². The Morgan fingerprint density at radius 1 is 1.40 bits per heavy atom. The van der Waals surface area contributed by atoms with Gasteiger partial charge in [-0.3, -0.25) is 4.79 Å². The molecule has 0 aliphatic rings. The van der Waals surface area contributed by atoms with Crippen LogP contribution in [0.1, 0.15) is 44.1 Å². The van der Waals surface area contributed by atoms with Crippen LogP contribution < -0.4 is 5.73 Å². The number of nitrogens with two attached hydrogens (primary N) is 1. The Balaban J connectivity index is 2.68. The van der Waals surface area contributed by atoms with Gasteiger partial charge >= 0.3 is 5.97 Å². The minimum Gasteiger partial charge on any atom is -0.459 e. The van der Waals surface area contributed by atoms with E-state index in [9.17, 15) is 4.79 Å². The highest BCUT2D eigenvalue weighted by atomic mass is 32.2. The van der Waals surface area contributed by atoms with Crippen LogP contribution in [0.25, 0.3) is 0 Å². The molecule has 1 rings (SSSR count). The second-order valence-corrected chi connectivity index (χ2v) is 7.22. The molecule has 0 aromatic heterocycles. The molecule has 4 heteroatoms. The van der Waals surface area contributed by atoms with Crippen LogP contribution in [0.5, 0.6) is 0 Å². The lowest BCUT2D eigenvalue weighted by Crippen LogP contribution is -2.27. The molecular weight excluding hydrogens is 270 g/mol. The molecule has 0 saturated heterocycles. The van der Waals surface area contributed by atoms with E-state index >= 15 is 0 Å². The number of hydrogen-bond acceptors (Lipinski definition) is 4. The molecule has 0 radical (unpaired) electrons. The van der Waals surface area contributed by atoms with Crippen molar-refractivity contribution in [1.82, 2.24) is 0 Å². The summed E-state index contributed by atoms with van der Waals surface area (Å²) in [6, 6.07) is 8.23. The van der Waals surface area contributed by atoms with E-state index in [1.807, 2.05) is 33.8 Å². The summed E-state index contributed by atoms with van der Waals surface area (Å²) in [6.07, 6.45) is 0. The van der Waals surface area contributed by atoms with E-state index in [1.54, 1.807) is 11.8 Å². The second kappa shape index (κ2) is 7.14. The Hall–Kier alpha value is -1.00. The van der Waals surface area contributed by atoms with Gasteiger partial charge in [0.05, 0.1) is 5.75 Å². The summed E-state index contributed by atoms with van der Waals surface area (Å²) in [5, 5.41) is 0.0995. The van der Waals surface area contributed by atoms with E-state index in [-0.39, 0.29) is 17.3 Å². The second-order valence-electron chi connectivity index (χ2n) is 6.09. The quantitative estimate of drug-likeness (QED) is 0.845. The van der Waals surface area contributed by atoms with Crippen molar-refractivity contribution >= 4 is 17.7 Å². The first-order chi connectivity index (χ1) is 9.19. The molecule has 0 saturated carbocycles. The monoisotopic (exact) mass is 295 g/mol. The maximum absolute atomic E-state index is 11.8. The number of aryl methyl sites for hydroxylation is 1. The van der Waals surface area contributed by atoms with Gasteiger partial charge in [0.2, 0.25) is 0 Å². The average Bonchev–Trinajstić information content (AvgIpc) is 2.26. The Morgan fingerprint density at radius 3 is 2.55 bits per heavy atom. The number of carbonyl (C=O) groups is 1. The third kappa shape index (κ3) is 5.97. The summed E-state index contributed by atoms with van der Waals surface area (Å²) in [6.45, 7) is 9.65. The molecule has 112 valence electrons. The first-order valence-corrected chi connectivity index (χ1v) is 7.89. The number of hydrogen-bond donors (Lipinski definition) is 1. The van der Waals surface area contributed by atoms with Crippen LogP contribution in [0.3, 0.4) is 0 Å². The predicted molar refractivity (Wildman–Crippen MR) is 85.9 cm³/mol. The highest BCUT2D eigenvalue weighted by molar-refractivity contribution is 8.00. The molecule has 2 atom stereocenters. The Labute approximate surface area is 126 Å². The largest absolute Gasteiger partial charge is 0.459 e. The first kappa shape index (κ1) is 17.1. The molecule has 1 aromatic rings. The number of esters is 1. The van der Waals surface area contributed by atoms with Crippen molar-refractivity contribution in [1.29, 1.82) is 0 Å². The van der Waals surface area contributed by atoms with Gasteiger partial charge in [-0.25, -0.2) is 0 Å². The number of carbonyl (C=O) groups excluding carboxylic acids is 1. The summed E-state index contributed by atoms with van der Waals surface area (Å²) >= 11 is 1.54. The first-order valence-electron chi connectivity index (χ1n) is 6.84. The Morgan fingerprint density at radius 2 is 2.05 bits per heavy atom. The van der Waals surface area contributed by atoms with E-state index in [1.165, 1.54) is 5.56 Å². The highest BCUT2D eigenvalue weighted by Crippen LogP contribution is 2.32. The van der Waals surface area contributed by atoms with Crippen LogP contribution in [0.15, 0.2) is 24.3 Å². The van der Waals surface area contributed by atoms with Gasteiger partial charge < -0.3 is 10.5 Å². The van der Waals surface area contributed by atoms with Gasteiger partial charge in [0.1, 0.15) is 5.60 Å². The van der Waals surface area contributed by atoms with E-state index in [4.69, 9.17) is 10.5 Å². The number of rotatable bonds is 5. The highest BCUT2D eigenvalue weighted by Gasteiger charge is 2.21. The molecule has 0 spiro atoms. The Bertz CT molecular complexity index is 452. The van der Waals surface area contributed by atoms with Crippen LogP contribution >= 0.6 is 11.8 Å². The van der Waals surface area contributed by atoms with Crippen LogP contribution in [-0.2, 0) is 9.53 Å². The minimum atomic E-state index is -0.440. The molecule has 0 aliphatic carbocycles. The van der Waals surface area contributed by atoms with Crippen molar-refractivity contribution in [2.75, 3.05) is 5.75 Å². The zero-order valence-corrected chi connectivity index (χ0v) is 13.8. The predicted octanol–water partition coefficient (Wildman–Crippen LogP) is 3.46. The minimum absolute atomic E-state index is 0.0239. The molecule has 0 bridgehead atoms. The van der Waals surface area contributed by atoms with Gasteiger partial charge in [0, 0.05) is 11.3 Å². The van der Waals surface area contributed by atoms with E-state index in [0.29, 0.717) is 5.75 Å². The zero-order chi connectivity index (χ0) is 15.3. The van der Waals surface area contributed by atoms with Gasteiger partial charge in [-0.2, -0.15) is 0 Å². The van der Waals surface area contributed by atoms with Crippen LogP contribution in [0.4, 0.5) is 0 Å². The molecule has 20 heavy (non-hydrogen) atoms. The van der Waals surface area contributed by atoms with Crippen molar-refractivity contribution in [2.24, 2.45) is 5.73 Å². The molecular formula is C16H25NO2S. The maximum Gasteiger partial charge on any atom is 0.316 e. The Kier molecular flexibility index (Phi) is 6.08. The lowest BCUT2D eigenvalue weighted by molar-refractivity contribution is -0.151. The molecule has 0 fully saturated rings. The van der Waals surface area contributed by atoms with Crippen LogP contribution in [0.2, 0.25) is 0 Å². The fraction of sp³-hybridized carbons (Fsp3) is 0.562. The van der Waals surface area contributed by atoms with Gasteiger partial charge in [0.25, 0.3) is 0 Å². The molecule has 1 aromatic carbocycles. The lowest BCUT2D eigenvalue weighted by atomic mass is 10.0. The van der Waals surface area contributed by atoms with E-state index in [2.05, 4.69) is 25.1 Å². The molecule has 3 nitrogen and oxygen atoms in total. The third-order valence-corrected chi connectivity index (χ3v) is 4.11. The lowest BCUT2D eigenvalue weighted by Gasteiger charge is -2.23. The van der Waals surface area contributed by atoms with E-state index < -0.39 is 5.60 Å². The van der Waals surface area contributed by atoms with Crippen LogP contribution in [0, 0.1) is 6.92 Å². The summed E-state index contributed by atoms with van der Waals surface area (Å²) in [5.41, 5.74) is 7.98. The molecule has 2 unspecified atom stereocenters. The van der Waals surface area contributed by atoms with Crippen molar-refractivity contribution in [3.8, 4) is 0 Å². The summed E-state index contributed by atoms with van der Waals surface area (Å²) < 4.78 is 5.33. The molecule has 0 aliphatic heterocycles. The molecule has 0 heterocycles. The fourth-order valence-corrected chi connectivity index (χ4v) is 2.94. The van der Waals surface area contributed by atoms with E-state index in [0.717, 1.165) is 5.56 Å². The topological polar surface area (TPSA) is 52.3 Å². The molecule has 0 amide bonds. The van der Waals surface area contributed by atoms with Gasteiger partial charge in [0.15, 0.2) is 0 Å². The number of ether oxygens (including phenoxy) is 1. The maximum atomic E-state index is 11.8. The third-order valence-electron chi connectivity index (χ3n) is 2.65. The van der Waals surface area contributed by atoms with Gasteiger partial charge in [-0.1, -0.05) is 29.8 Å². The normalized spacial score (nSPS) is 14.7. The van der Waals surface area contributed by atoms with Crippen molar-refractivity contribution in [3.05, 3.63) is 35.4 Å². The summed E-state index contributed by atoms with van der Waals surface area (Å²) in [5.74, 6) is 0.123. The SMILES string of the molecule is Cc1cccc(C(SCC(=O)OC(C)(C)C)C(C)N)c1. The standard InChI is InChI=1S/C16H25NO2S/c1-11-7-6-8-13(9-11)15(12(2)17)20-10-14(18)19-16(3,4)5/h6-9,12,15H,10,17H2,1-5H3.